The van der Waals surface area contributed by atoms with Gasteiger partial charge in [-0.2, -0.15) is 0 Å². The monoisotopic (exact) mass is 294 g/mol. The summed E-state index contributed by atoms with van der Waals surface area (Å²) < 4.78 is 2.49. The van der Waals surface area contributed by atoms with Crippen LogP contribution >= 0.6 is 23.1 Å². The Hall–Kier alpha value is -0.580. The van der Waals surface area contributed by atoms with Crippen LogP contribution in [0.25, 0.3) is 10.2 Å². The predicted molar refractivity (Wildman–Crippen MR) is 87.3 cm³/mol. The highest BCUT2D eigenvalue weighted by atomic mass is 32.2. The van der Waals surface area contributed by atoms with Crippen molar-refractivity contribution in [1.29, 1.82) is 0 Å². The van der Waals surface area contributed by atoms with Gasteiger partial charge in [-0.3, -0.25) is 0 Å². The van der Waals surface area contributed by atoms with Crippen LogP contribution in [-0.4, -0.2) is 23.3 Å². The Morgan fingerprint density at radius 2 is 2.11 bits per heavy atom. The van der Waals surface area contributed by atoms with Crippen LogP contribution in [0, 0.1) is 0 Å². The van der Waals surface area contributed by atoms with Crippen LogP contribution in [0.5, 0.6) is 0 Å². The fourth-order valence-corrected chi connectivity index (χ4v) is 4.22. The van der Waals surface area contributed by atoms with Crippen molar-refractivity contribution in [2.24, 2.45) is 0 Å². The number of thiazole rings is 1. The van der Waals surface area contributed by atoms with Gasteiger partial charge in [0.1, 0.15) is 0 Å². The van der Waals surface area contributed by atoms with Crippen molar-refractivity contribution >= 4 is 33.3 Å². The van der Waals surface area contributed by atoms with E-state index in [0.717, 1.165) is 17.8 Å². The number of nitrogens with zero attached hydrogens (tertiary/aromatic N) is 1. The summed E-state index contributed by atoms with van der Waals surface area (Å²) in [6.45, 7) is 5.59. The Morgan fingerprint density at radius 3 is 2.84 bits per heavy atom. The molecule has 0 amide bonds. The van der Waals surface area contributed by atoms with Gasteiger partial charge < -0.3 is 5.32 Å². The van der Waals surface area contributed by atoms with Gasteiger partial charge in [-0.05, 0) is 31.5 Å². The van der Waals surface area contributed by atoms with E-state index >= 15 is 0 Å². The Kier molecular flexibility index (Phi) is 6.14. The molecule has 4 heteroatoms. The van der Waals surface area contributed by atoms with Gasteiger partial charge in [-0.15, -0.1) is 11.3 Å². The summed E-state index contributed by atoms with van der Waals surface area (Å²) in [5.74, 6) is 1.12. The van der Waals surface area contributed by atoms with Crippen LogP contribution in [0.4, 0.5) is 0 Å². The number of hydrogen-bond donors (Lipinski definition) is 1. The standard InChI is InChI=1S/C15H22N2S2/c1-3-7-12(16-10-4-2)11-18-15-17-13-8-5-6-9-14(13)19-15/h5-6,8-9,12,16H,3-4,7,10-11H2,1-2H3. The van der Waals surface area contributed by atoms with Crippen LogP contribution in [-0.2, 0) is 0 Å². The Labute approximate surface area is 124 Å². The summed E-state index contributed by atoms with van der Waals surface area (Å²) in [6, 6.07) is 8.99. The number of aromatic nitrogens is 1. The molecule has 0 saturated heterocycles. The predicted octanol–water partition coefficient (Wildman–Crippen LogP) is 4.56. The minimum absolute atomic E-state index is 0.613. The van der Waals surface area contributed by atoms with Gasteiger partial charge >= 0.3 is 0 Å². The molecule has 0 fully saturated rings. The molecule has 1 unspecified atom stereocenters. The molecular formula is C15H22N2S2. The number of rotatable bonds is 8. The topological polar surface area (TPSA) is 24.9 Å². The summed E-state index contributed by atoms with van der Waals surface area (Å²) in [5, 5.41) is 3.63. The van der Waals surface area contributed by atoms with Gasteiger partial charge in [0.15, 0.2) is 4.34 Å². The second-order valence-corrected chi connectivity index (χ2v) is 7.00. The Morgan fingerprint density at radius 1 is 1.26 bits per heavy atom. The third-order valence-electron chi connectivity index (χ3n) is 3.00. The summed E-state index contributed by atoms with van der Waals surface area (Å²) in [5.41, 5.74) is 1.13. The second-order valence-electron chi connectivity index (χ2n) is 4.70. The number of para-hydroxylation sites is 1. The first-order valence-electron chi connectivity index (χ1n) is 7.05. The highest BCUT2D eigenvalue weighted by Crippen LogP contribution is 2.29. The molecule has 1 aromatic heterocycles. The van der Waals surface area contributed by atoms with E-state index in [4.69, 9.17) is 0 Å². The van der Waals surface area contributed by atoms with Crippen molar-refractivity contribution in [3.05, 3.63) is 24.3 Å². The van der Waals surface area contributed by atoms with E-state index in [9.17, 15) is 0 Å². The van der Waals surface area contributed by atoms with Crippen molar-refractivity contribution in [2.75, 3.05) is 12.3 Å². The van der Waals surface area contributed by atoms with E-state index < -0.39 is 0 Å². The molecule has 104 valence electrons. The summed E-state index contributed by atoms with van der Waals surface area (Å²) in [4.78, 5) is 4.68. The molecule has 2 aromatic rings. The van der Waals surface area contributed by atoms with Gasteiger partial charge in [-0.1, -0.05) is 44.2 Å². The van der Waals surface area contributed by atoms with Gasteiger partial charge in [0.05, 0.1) is 10.2 Å². The molecule has 0 bridgehead atoms. The van der Waals surface area contributed by atoms with Crippen LogP contribution in [0.3, 0.4) is 0 Å². The summed E-state index contributed by atoms with van der Waals surface area (Å²) in [7, 11) is 0. The number of thioether (sulfide) groups is 1. The molecule has 0 spiro atoms. The van der Waals surface area contributed by atoms with Crippen LogP contribution < -0.4 is 5.32 Å². The zero-order valence-corrected chi connectivity index (χ0v) is 13.3. The van der Waals surface area contributed by atoms with E-state index in [1.165, 1.54) is 28.3 Å². The lowest BCUT2D eigenvalue weighted by Crippen LogP contribution is -2.31. The first-order chi connectivity index (χ1) is 9.33. The smallest absolute Gasteiger partial charge is 0.151 e. The number of nitrogens with one attached hydrogen (secondary N) is 1. The van der Waals surface area contributed by atoms with E-state index in [0.29, 0.717) is 6.04 Å². The maximum Gasteiger partial charge on any atom is 0.151 e. The zero-order valence-electron chi connectivity index (χ0n) is 11.7. The lowest BCUT2D eigenvalue weighted by molar-refractivity contribution is 0.514. The lowest BCUT2D eigenvalue weighted by atomic mass is 10.2. The van der Waals surface area contributed by atoms with E-state index in [1.807, 2.05) is 11.8 Å². The average molecular weight is 294 g/mol. The number of benzene rings is 1. The minimum atomic E-state index is 0.613. The van der Waals surface area contributed by atoms with Gasteiger partial charge in [0.2, 0.25) is 0 Å². The third kappa shape index (κ3) is 4.48. The van der Waals surface area contributed by atoms with Crippen molar-refractivity contribution < 1.29 is 0 Å². The molecule has 2 nitrogen and oxygen atoms in total. The normalized spacial score (nSPS) is 12.9. The molecule has 0 radical (unpaired) electrons. The highest BCUT2D eigenvalue weighted by Gasteiger charge is 2.09. The maximum atomic E-state index is 4.68. The maximum absolute atomic E-state index is 4.68. The number of hydrogen-bond acceptors (Lipinski definition) is 4. The van der Waals surface area contributed by atoms with Crippen molar-refractivity contribution in [3.8, 4) is 0 Å². The fourth-order valence-electron chi connectivity index (χ4n) is 2.03. The Bertz CT molecular complexity index is 463. The van der Waals surface area contributed by atoms with Gasteiger partial charge in [0.25, 0.3) is 0 Å². The number of fused-ring (bicyclic) bond motifs is 1. The SMILES string of the molecule is CCCNC(CCC)CSc1nc2ccccc2s1. The fraction of sp³-hybridized carbons (Fsp3) is 0.533. The zero-order chi connectivity index (χ0) is 13.5. The average Bonchev–Trinajstić information content (AvgIpc) is 2.84. The molecule has 0 aliphatic rings. The summed E-state index contributed by atoms with van der Waals surface area (Å²) in [6.07, 6.45) is 3.69. The van der Waals surface area contributed by atoms with Crippen LogP contribution in [0.1, 0.15) is 33.1 Å². The molecule has 19 heavy (non-hydrogen) atoms. The molecule has 0 saturated carbocycles. The molecule has 0 aliphatic carbocycles. The minimum Gasteiger partial charge on any atom is -0.313 e. The molecular weight excluding hydrogens is 272 g/mol. The van der Waals surface area contributed by atoms with Gasteiger partial charge in [-0.25, -0.2) is 4.98 Å². The van der Waals surface area contributed by atoms with E-state index in [1.54, 1.807) is 11.3 Å². The quantitative estimate of drug-likeness (QED) is 0.723. The molecule has 1 N–H and O–H groups in total. The molecule has 1 aromatic carbocycles. The second kappa shape index (κ2) is 7.88. The van der Waals surface area contributed by atoms with Crippen molar-refractivity contribution in [3.63, 3.8) is 0 Å². The highest BCUT2D eigenvalue weighted by molar-refractivity contribution is 8.01. The molecule has 1 atom stereocenters. The van der Waals surface area contributed by atoms with Crippen molar-refractivity contribution in [1.82, 2.24) is 10.3 Å². The molecule has 2 rings (SSSR count). The Balaban J connectivity index is 1.91. The first-order valence-corrected chi connectivity index (χ1v) is 8.85. The first kappa shape index (κ1) is 14.8. The third-order valence-corrected chi connectivity index (χ3v) is 5.34. The van der Waals surface area contributed by atoms with E-state index in [-0.39, 0.29) is 0 Å². The van der Waals surface area contributed by atoms with Crippen molar-refractivity contribution in [2.45, 2.75) is 43.5 Å². The van der Waals surface area contributed by atoms with E-state index in [2.05, 4.69) is 48.4 Å². The van der Waals surface area contributed by atoms with Crippen LogP contribution in [0.15, 0.2) is 28.6 Å². The summed E-state index contributed by atoms with van der Waals surface area (Å²) >= 11 is 3.69. The van der Waals surface area contributed by atoms with Gasteiger partial charge in [0, 0.05) is 11.8 Å². The largest absolute Gasteiger partial charge is 0.313 e. The molecule has 0 aliphatic heterocycles. The van der Waals surface area contributed by atoms with Crippen LogP contribution in [0.2, 0.25) is 0 Å². The molecule has 1 heterocycles. The lowest BCUT2D eigenvalue weighted by Gasteiger charge is -2.16.